The zero-order valence-electron chi connectivity index (χ0n) is 25.9. The Hall–Kier alpha value is -4.10. The Balaban J connectivity index is 1.73. The van der Waals surface area contributed by atoms with E-state index in [-0.39, 0.29) is 5.56 Å². The van der Waals surface area contributed by atoms with Crippen LogP contribution in [0.5, 0.6) is 11.5 Å². The second-order valence-electron chi connectivity index (χ2n) is 13.4. The number of rotatable bonds is 6. The molecule has 0 saturated carbocycles. The number of nitrogens with zero attached hydrogens (tertiary/aromatic N) is 1. The molecule has 6 rings (SSSR count). The fourth-order valence-corrected chi connectivity index (χ4v) is 7.99. The molecule has 3 N–H and O–H groups in total. The molecule has 3 aromatic rings. The summed E-state index contributed by atoms with van der Waals surface area (Å²) < 4.78 is 74.3. The number of carbonyl (C=O) groups is 1. The van der Waals surface area contributed by atoms with Gasteiger partial charge >= 0.3 is 5.97 Å². The molecule has 46 heavy (non-hydrogen) atoms. The number of allylic oxidation sites excluding steroid dienone is 1. The highest BCUT2D eigenvalue weighted by Gasteiger charge is 2.33. The molecule has 0 aromatic heterocycles. The third kappa shape index (κ3) is 6.17. The highest BCUT2D eigenvalue weighted by molar-refractivity contribution is 7.86. The molecule has 1 aliphatic carbocycles. The molecule has 0 atom stereocenters. The second kappa shape index (κ2) is 10.5. The number of benzene rings is 3. The Labute approximate surface area is 267 Å². The van der Waals surface area contributed by atoms with Gasteiger partial charge in [-0.15, -0.1) is 0 Å². The molecule has 12 heteroatoms. The third-order valence-corrected chi connectivity index (χ3v) is 9.60. The molecule has 10 nitrogen and oxygen atoms in total. The monoisotopic (exact) mass is 663 g/mol. The van der Waals surface area contributed by atoms with Crippen LogP contribution in [0, 0.1) is 12.3 Å². The number of hydrogen-bond donors (Lipinski definition) is 3. The normalized spacial score (nSPS) is 17.7. The maximum Gasteiger partial charge on any atom is 0.336 e. The molecular formula is C34H33NO9S2. The van der Waals surface area contributed by atoms with Crippen LogP contribution in [0.2, 0.25) is 0 Å². The van der Waals surface area contributed by atoms with Crippen LogP contribution in [-0.4, -0.2) is 54.1 Å². The largest absolute Gasteiger partial charge is 0.478 e. The van der Waals surface area contributed by atoms with Crippen molar-refractivity contribution in [3.8, 4) is 11.5 Å². The highest BCUT2D eigenvalue weighted by atomic mass is 32.2. The van der Waals surface area contributed by atoms with Gasteiger partial charge in [-0.2, -0.15) is 16.8 Å². The third-order valence-electron chi connectivity index (χ3n) is 8.25. The summed E-state index contributed by atoms with van der Waals surface area (Å²) in [6, 6.07) is 12.0. The van der Waals surface area contributed by atoms with Crippen LogP contribution in [0.3, 0.4) is 0 Å². The SMILES string of the molecule is Cc1ccc(C2=c3cc4c(cc3Oc3cc5c(cc32)C(CS(=O)(=O)O)=CC(C)(C)C5)=NC(C)(C)C=C4CS(=O)(=O)O)c(C(=O)O)c1. The van der Waals surface area contributed by atoms with Gasteiger partial charge in [-0.05, 0) is 84.7 Å². The van der Waals surface area contributed by atoms with Crippen LogP contribution in [0.4, 0.5) is 0 Å². The van der Waals surface area contributed by atoms with Crippen molar-refractivity contribution >= 4 is 42.9 Å². The van der Waals surface area contributed by atoms with Crippen molar-refractivity contribution < 1.29 is 40.6 Å². The summed E-state index contributed by atoms with van der Waals surface area (Å²) in [5, 5.41) is 11.2. The lowest BCUT2D eigenvalue weighted by Gasteiger charge is -2.32. The van der Waals surface area contributed by atoms with Gasteiger partial charge in [0, 0.05) is 28.0 Å². The zero-order chi connectivity index (χ0) is 33.6. The van der Waals surface area contributed by atoms with E-state index in [2.05, 4.69) is 0 Å². The van der Waals surface area contributed by atoms with Crippen molar-refractivity contribution in [3.05, 3.63) is 104 Å². The number of ether oxygens (including phenoxy) is 1. The zero-order valence-corrected chi connectivity index (χ0v) is 27.5. The summed E-state index contributed by atoms with van der Waals surface area (Å²) in [6.07, 6.45) is 4.05. The number of aromatic carboxylic acids is 1. The summed E-state index contributed by atoms with van der Waals surface area (Å²) in [6.45, 7) is 9.33. The van der Waals surface area contributed by atoms with Gasteiger partial charge in [0.1, 0.15) is 23.0 Å². The van der Waals surface area contributed by atoms with Crippen LogP contribution >= 0.6 is 0 Å². The van der Waals surface area contributed by atoms with Crippen molar-refractivity contribution in [1.29, 1.82) is 0 Å². The first-order valence-electron chi connectivity index (χ1n) is 14.5. The van der Waals surface area contributed by atoms with E-state index in [1.807, 2.05) is 39.8 Å². The minimum atomic E-state index is -4.42. The molecule has 240 valence electrons. The van der Waals surface area contributed by atoms with E-state index >= 15 is 0 Å². The Bertz CT molecular complexity index is 2300. The van der Waals surface area contributed by atoms with Gasteiger partial charge in [-0.3, -0.25) is 14.1 Å². The standard InChI is InChI=1S/C34H33NO9S2/c1-18-6-7-22(25(8-18)32(36)37)31-26-10-23-19(13-33(2,3)14-20(23)16-45(38,39)40)9-29(26)44-30-12-28-24(11-27(30)31)21(17-46(41,42)43)15-34(4,5)35-28/h6-12,14-15H,13,16-17H2,1-5H3,(H,36,37)(H,38,39,40)(H,41,42,43). The van der Waals surface area contributed by atoms with E-state index in [4.69, 9.17) is 9.73 Å². The lowest BCUT2D eigenvalue weighted by molar-refractivity contribution is 0.0696. The Kier molecular flexibility index (Phi) is 7.25. The van der Waals surface area contributed by atoms with Crippen molar-refractivity contribution in [1.82, 2.24) is 0 Å². The molecule has 3 aromatic carbocycles. The Morgan fingerprint density at radius 1 is 0.826 bits per heavy atom. The van der Waals surface area contributed by atoms with Gasteiger partial charge in [-0.1, -0.05) is 43.7 Å². The minimum Gasteiger partial charge on any atom is -0.478 e. The smallest absolute Gasteiger partial charge is 0.336 e. The average Bonchev–Trinajstić information content (AvgIpc) is 2.87. The fourth-order valence-electron chi connectivity index (χ4n) is 6.72. The molecule has 0 bridgehead atoms. The van der Waals surface area contributed by atoms with Crippen LogP contribution in [0.15, 0.2) is 59.6 Å². The summed E-state index contributed by atoms with van der Waals surface area (Å²) in [4.78, 5) is 17.4. The Morgan fingerprint density at radius 3 is 2.11 bits per heavy atom. The van der Waals surface area contributed by atoms with Gasteiger partial charge in [0.2, 0.25) is 0 Å². The van der Waals surface area contributed by atoms with Crippen molar-refractivity contribution in [2.75, 3.05) is 11.5 Å². The second-order valence-corrected chi connectivity index (χ2v) is 16.3. The first-order chi connectivity index (χ1) is 21.2. The van der Waals surface area contributed by atoms with E-state index in [0.29, 0.717) is 67.5 Å². The van der Waals surface area contributed by atoms with Crippen LogP contribution in [0.1, 0.15) is 71.4 Å². The van der Waals surface area contributed by atoms with E-state index in [1.54, 1.807) is 49.4 Å². The van der Waals surface area contributed by atoms with Gasteiger partial charge in [0.15, 0.2) is 0 Å². The van der Waals surface area contributed by atoms with Gasteiger partial charge in [-0.25, -0.2) is 4.79 Å². The van der Waals surface area contributed by atoms with E-state index in [9.17, 15) is 35.8 Å². The van der Waals surface area contributed by atoms with E-state index in [1.165, 1.54) is 0 Å². The number of carboxylic acid groups (broad SMARTS) is 1. The molecule has 0 radical (unpaired) electrons. The van der Waals surface area contributed by atoms with Crippen molar-refractivity contribution in [3.63, 3.8) is 0 Å². The maximum absolute atomic E-state index is 12.6. The average molecular weight is 664 g/mol. The molecule has 0 amide bonds. The lowest BCUT2D eigenvalue weighted by Crippen LogP contribution is -2.31. The first-order valence-corrected chi connectivity index (χ1v) is 17.7. The summed E-state index contributed by atoms with van der Waals surface area (Å²) in [5.74, 6) is -1.62. The van der Waals surface area contributed by atoms with Gasteiger partial charge in [0.25, 0.3) is 20.2 Å². The minimum absolute atomic E-state index is 0.0265. The van der Waals surface area contributed by atoms with Crippen LogP contribution in [-0.2, 0) is 26.7 Å². The molecule has 3 aliphatic rings. The molecule has 0 unspecified atom stereocenters. The predicted octanol–water partition coefficient (Wildman–Crippen LogP) is 4.58. The Morgan fingerprint density at radius 2 is 1.48 bits per heavy atom. The van der Waals surface area contributed by atoms with Crippen LogP contribution < -0.4 is 15.3 Å². The fraction of sp³-hybridized carbons (Fsp3) is 0.294. The molecule has 2 heterocycles. The highest BCUT2D eigenvalue weighted by Crippen LogP contribution is 2.45. The van der Waals surface area contributed by atoms with Gasteiger partial charge in [0.05, 0.1) is 16.5 Å². The summed E-state index contributed by atoms with van der Waals surface area (Å²) in [5.41, 5.74) is 3.46. The number of fused-ring (bicyclic) bond motifs is 4. The molecule has 0 saturated heterocycles. The predicted molar refractivity (Wildman–Crippen MR) is 174 cm³/mol. The number of aryl methyl sites for hydroxylation is 1. The van der Waals surface area contributed by atoms with E-state index < -0.39 is 48.7 Å². The first kappa shape index (κ1) is 31.9. The van der Waals surface area contributed by atoms with E-state index in [0.717, 1.165) is 11.1 Å². The quantitative estimate of drug-likeness (QED) is 0.250. The molecule has 0 fully saturated rings. The summed E-state index contributed by atoms with van der Waals surface area (Å²) in [7, 11) is -8.80. The molecular weight excluding hydrogens is 631 g/mol. The number of carboxylic acids is 1. The topological polar surface area (TPSA) is 168 Å². The molecule has 0 spiro atoms. The lowest BCUT2D eigenvalue weighted by atomic mass is 9.75. The van der Waals surface area contributed by atoms with Crippen LogP contribution in [0.25, 0.3) is 16.7 Å². The maximum atomic E-state index is 12.6. The summed E-state index contributed by atoms with van der Waals surface area (Å²) >= 11 is 0. The van der Waals surface area contributed by atoms with Crippen molar-refractivity contribution in [2.24, 2.45) is 10.4 Å². The molecule has 2 aliphatic heterocycles. The van der Waals surface area contributed by atoms with Crippen molar-refractivity contribution in [2.45, 2.75) is 46.6 Å². The van der Waals surface area contributed by atoms with Gasteiger partial charge < -0.3 is 9.84 Å². The number of hydrogen-bond acceptors (Lipinski definition) is 7.